The SMILES string of the molecule is C[N+](C)(C)CCCNC(=O)C(F)(F)C(F)(F)C(F)(F)C(F)(F)C(F)(F)C(F)(F)C(F)(F)F.I. The van der Waals surface area contributed by atoms with Crippen LogP contribution in [0, 0.1) is 0 Å². The number of hydrogen-bond acceptors (Lipinski definition) is 1. The molecule has 0 saturated heterocycles. The highest BCUT2D eigenvalue weighted by Gasteiger charge is 2.94. The van der Waals surface area contributed by atoms with Gasteiger partial charge in [0.15, 0.2) is 0 Å². The van der Waals surface area contributed by atoms with Crippen molar-refractivity contribution in [3.8, 4) is 0 Å². The molecule has 0 unspecified atom stereocenters. The lowest BCUT2D eigenvalue weighted by Gasteiger charge is -2.41. The Bertz CT molecular complexity index is 685. The first-order valence-electron chi connectivity index (χ1n) is 8.05. The largest absolute Gasteiger partial charge is 0.460 e. The molecule has 0 bridgehead atoms. The van der Waals surface area contributed by atoms with Crippen LogP contribution in [0.4, 0.5) is 65.9 Å². The Morgan fingerprint density at radius 3 is 1.30 bits per heavy atom. The van der Waals surface area contributed by atoms with Crippen LogP contribution in [0.2, 0.25) is 0 Å². The monoisotopic (exact) mass is 641 g/mol. The van der Waals surface area contributed by atoms with E-state index in [1.165, 1.54) is 21.1 Å². The predicted molar refractivity (Wildman–Crippen MR) is 91.7 cm³/mol. The van der Waals surface area contributed by atoms with Crippen LogP contribution in [0.15, 0.2) is 0 Å². The minimum atomic E-state index is -8.41. The number of nitrogens with one attached hydrogen (secondary N) is 1. The summed E-state index contributed by atoms with van der Waals surface area (Å²) in [6.07, 6.45) is -7.93. The highest BCUT2D eigenvalue weighted by molar-refractivity contribution is 14.0. The van der Waals surface area contributed by atoms with Gasteiger partial charge in [-0.1, -0.05) is 0 Å². The molecular formula is C14H17F15IN2O+. The normalized spacial score (nSPS) is 15.2. The molecule has 0 heterocycles. The molecule has 200 valence electrons. The molecule has 0 aliphatic carbocycles. The minimum Gasteiger partial charge on any atom is -0.350 e. The molecule has 1 N–H and O–H groups in total. The van der Waals surface area contributed by atoms with Crippen molar-refractivity contribution in [2.45, 2.75) is 48.1 Å². The van der Waals surface area contributed by atoms with Crippen molar-refractivity contribution in [3.05, 3.63) is 0 Å². The number of carbonyl (C=O) groups is 1. The van der Waals surface area contributed by atoms with Crippen LogP contribution in [-0.4, -0.2) is 86.3 Å². The molecule has 0 spiro atoms. The fourth-order valence-electron chi connectivity index (χ4n) is 1.98. The van der Waals surface area contributed by atoms with Crippen molar-refractivity contribution in [2.24, 2.45) is 0 Å². The summed E-state index contributed by atoms with van der Waals surface area (Å²) in [5.41, 5.74) is 0. The molecule has 0 radical (unpaired) electrons. The van der Waals surface area contributed by atoms with Gasteiger partial charge in [0.05, 0.1) is 27.7 Å². The highest BCUT2D eigenvalue weighted by Crippen LogP contribution is 2.62. The van der Waals surface area contributed by atoms with E-state index < -0.39 is 54.2 Å². The van der Waals surface area contributed by atoms with Gasteiger partial charge in [-0.2, -0.15) is 65.9 Å². The van der Waals surface area contributed by atoms with Crippen LogP contribution in [0.5, 0.6) is 0 Å². The number of alkyl halides is 15. The van der Waals surface area contributed by atoms with Gasteiger partial charge < -0.3 is 9.80 Å². The number of amides is 1. The van der Waals surface area contributed by atoms with Gasteiger partial charge >= 0.3 is 41.7 Å². The molecule has 0 aromatic carbocycles. The highest BCUT2D eigenvalue weighted by atomic mass is 127. The summed E-state index contributed by atoms with van der Waals surface area (Å²) in [5.74, 6) is -51.2. The van der Waals surface area contributed by atoms with Gasteiger partial charge in [0.2, 0.25) is 0 Å². The van der Waals surface area contributed by atoms with E-state index in [-0.39, 0.29) is 41.4 Å². The van der Waals surface area contributed by atoms with E-state index in [1.807, 2.05) is 0 Å². The predicted octanol–water partition coefficient (Wildman–Crippen LogP) is 5.19. The van der Waals surface area contributed by atoms with E-state index in [1.54, 1.807) is 0 Å². The van der Waals surface area contributed by atoms with Gasteiger partial charge in [0, 0.05) is 13.0 Å². The van der Waals surface area contributed by atoms with Crippen molar-refractivity contribution in [3.63, 3.8) is 0 Å². The molecule has 1 amide bonds. The third-order valence-electron chi connectivity index (χ3n) is 3.90. The van der Waals surface area contributed by atoms with E-state index >= 15 is 0 Å². The topological polar surface area (TPSA) is 29.1 Å². The molecule has 33 heavy (non-hydrogen) atoms. The Morgan fingerprint density at radius 2 is 0.970 bits per heavy atom. The smallest absolute Gasteiger partial charge is 0.350 e. The van der Waals surface area contributed by atoms with Crippen molar-refractivity contribution in [1.82, 2.24) is 5.32 Å². The molecule has 0 aromatic heterocycles. The van der Waals surface area contributed by atoms with Crippen LogP contribution < -0.4 is 5.32 Å². The maximum absolute atomic E-state index is 13.6. The Labute approximate surface area is 193 Å². The Kier molecular flexibility index (Phi) is 10.0. The van der Waals surface area contributed by atoms with Crippen LogP contribution >= 0.6 is 24.0 Å². The average molecular weight is 641 g/mol. The van der Waals surface area contributed by atoms with Crippen LogP contribution in [0.25, 0.3) is 0 Å². The summed E-state index contributed by atoms with van der Waals surface area (Å²) in [7, 11) is 4.60. The summed E-state index contributed by atoms with van der Waals surface area (Å²) in [6, 6.07) is 0. The third-order valence-corrected chi connectivity index (χ3v) is 3.90. The van der Waals surface area contributed by atoms with E-state index in [4.69, 9.17) is 0 Å². The van der Waals surface area contributed by atoms with Crippen LogP contribution in [0.3, 0.4) is 0 Å². The second kappa shape index (κ2) is 9.63. The second-order valence-corrected chi connectivity index (χ2v) is 7.57. The van der Waals surface area contributed by atoms with E-state index in [0.29, 0.717) is 0 Å². The van der Waals surface area contributed by atoms with Gasteiger partial charge in [-0.15, -0.1) is 24.0 Å². The number of halogens is 16. The van der Waals surface area contributed by atoms with Crippen molar-refractivity contribution in [2.75, 3.05) is 34.2 Å². The number of nitrogens with zero attached hydrogens (tertiary/aromatic N) is 1. The fraction of sp³-hybridized carbons (Fsp3) is 0.929. The maximum Gasteiger partial charge on any atom is 0.460 e. The van der Waals surface area contributed by atoms with Gasteiger partial charge in [-0.3, -0.25) is 4.79 Å². The molecule has 0 aromatic rings. The van der Waals surface area contributed by atoms with Crippen molar-refractivity contribution >= 4 is 29.9 Å². The summed E-state index contributed by atoms with van der Waals surface area (Å²) in [6.45, 7) is -0.862. The first-order chi connectivity index (χ1) is 13.6. The molecule has 0 saturated carbocycles. The van der Waals surface area contributed by atoms with Gasteiger partial charge in [0.25, 0.3) is 5.91 Å². The summed E-state index contributed by atoms with van der Waals surface area (Å²) in [4.78, 5) is 11.2. The van der Waals surface area contributed by atoms with Crippen LogP contribution in [-0.2, 0) is 4.79 Å². The number of rotatable bonds is 10. The summed E-state index contributed by atoms with van der Waals surface area (Å²) < 4.78 is 195. The first-order valence-corrected chi connectivity index (χ1v) is 8.05. The number of carbonyl (C=O) groups excluding carboxylic acids is 1. The standard InChI is InChI=1S/C14H15F15N2O.HI/c1-31(2,3)6-4-5-30-7(32)8(15,16)9(17,18)10(19,20)11(21,22)12(23,24)13(25,26)14(27,28)29;/h4-6H2,1-3H3;1H/p+1. The molecule has 0 atom stereocenters. The van der Waals surface area contributed by atoms with Gasteiger partial charge in [-0.25, -0.2) is 0 Å². The van der Waals surface area contributed by atoms with Crippen molar-refractivity contribution in [1.29, 1.82) is 0 Å². The lowest BCUT2D eigenvalue weighted by Crippen LogP contribution is -2.74. The zero-order valence-electron chi connectivity index (χ0n) is 16.6. The lowest BCUT2D eigenvalue weighted by atomic mass is 9.91. The molecule has 0 aliphatic rings. The van der Waals surface area contributed by atoms with Crippen molar-refractivity contribution < 1.29 is 75.1 Å². The van der Waals surface area contributed by atoms with E-state index in [9.17, 15) is 70.7 Å². The zero-order valence-corrected chi connectivity index (χ0v) is 18.9. The Morgan fingerprint density at radius 1 is 0.636 bits per heavy atom. The fourth-order valence-corrected chi connectivity index (χ4v) is 1.98. The Hall–Kier alpha value is -0.890. The lowest BCUT2D eigenvalue weighted by molar-refractivity contribution is -0.870. The third kappa shape index (κ3) is 5.85. The minimum absolute atomic E-state index is 0. The maximum atomic E-state index is 13.6. The van der Waals surface area contributed by atoms with Gasteiger partial charge in [0.1, 0.15) is 0 Å². The van der Waals surface area contributed by atoms with E-state index in [2.05, 4.69) is 0 Å². The average Bonchev–Trinajstić information content (AvgIpc) is 2.55. The van der Waals surface area contributed by atoms with Crippen LogP contribution in [0.1, 0.15) is 6.42 Å². The summed E-state index contributed by atoms with van der Waals surface area (Å²) in [5, 5.41) is 0.946. The summed E-state index contributed by atoms with van der Waals surface area (Å²) >= 11 is 0. The molecular weight excluding hydrogens is 624 g/mol. The first kappa shape index (κ1) is 34.3. The van der Waals surface area contributed by atoms with Gasteiger partial charge in [-0.05, 0) is 0 Å². The molecule has 3 nitrogen and oxygen atoms in total. The quantitative estimate of drug-likeness (QED) is 0.152. The number of quaternary nitrogens is 1. The molecule has 0 rings (SSSR count). The molecule has 0 fully saturated rings. The Balaban J connectivity index is 0. The second-order valence-electron chi connectivity index (χ2n) is 7.57. The number of hydrogen-bond donors (Lipinski definition) is 1. The molecule has 0 aliphatic heterocycles. The van der Waals surface area contributed by atoms with E-state index in [0.717, 1.165) is 5.32 Å². The zero-order chi connectivity index (χ0) is 26.4. The molecule has 19 heteroatoms.